The summed E-state index contributed by atoms with van der Waals surface area (Å²) in [7, 11) is 0. The highest BCUT2D eigenvalue weighted by molar-refractivity contribution is 5.35. The van der Waals surface area contributed by atoms with Gasteiger partial charge in [-0.25, -0.2) is 0 Å². The second-order valence-corrected chi connectivity index (χ2v) is 3.57. The molecule has 2 nitrogen and oxygen atoms in total. The molecule has 0 aliphatic heterocycles. The van der Waals surface area contributed by atoms with E-state index in [1.54, 1.807) is 0 Å². The zero-order chi connectivity index (χ0) is 10.6. The molecule has 0 fully saturated rings. The maximum absolute atomic E-state index is 5.82. The van der Waals surface area contributed by atoms with Crippen molar-refractivity contribution in [2.45, 2.75) is 19.9 Å². The smallest absolute Gasteiger partial charge is 0.124 e. The van der Waals surface area contributed by atoms with E-state index in [9.17, 15) is 0 Å². The standard InChI is InChI=1S/C12H17NO/c1-9(2)8-14-12-7-5-4-6-11(12)10(3)13/h4-7,10H,1,8,13H2,2-3H3. The Morgan fingerprint density at radius 1 is 1.50 bits per heavy atom. The van der Waals surface area contributed by atoms with Crippen LogP contribution < -0.4 is 10.5 Å². The Bertz CT molecular complexity index is 318. The second kappa shape index (κ2) is 4.82. The van der Waals surface area contributed by atoms with Gasteiger partial charge in [0.15, 0.2) is 0 Å². The van der Waals surface area contributed by atoms with Crippen LogP contribution >= 0.6 is 0 Å². The van der Waals surface area contributed by atoms with Gasteiger partial charge in [0, 0.05) is 11.6 Å². The van der Waals surface area contributed by atoms with E-state index in [4.69, 9.17) is 10.5 Å². The zero-order valence-electron chi connectivity index (χ0n) is 8.79. The summed E-state index contributed by atoms with van der Waals surface area (Å²) in [5.41, 5.74) is 7.86. The van der Waals surface area contributed by atoms with Gasteiger partial charge in [0.05, 0.1) is 0 Å². The Balaban J connectivity index is 2.79. The van der Waals surface area contributed by atoms with Crippen molar-refractivity contribution in [3.63, 3.8) is 0 Å². The van der Waals surface area contributed by atoms with Gasteiger partial charge in [0.2, 0.25) is 0 Å². The van der Waals surface area contributed by atoms with Crippen molar-refractivity contribution in [1.82, 2.24) is 0 Å². The van der Waals surface area contributed by atoms with Crippen LogP contribution in [0.25, 0.3) is 0 Å². The lowest BCUT2D eigenvalue weighted by molar-refractivity contribution is 0.347. The van der Waals surface area contributed by atoms with Crippen LogP contribution in [-0.4, -0.2) is 6.61 Å². The lowest BCUT2D eigenvalue weighted by Crippen LogP contribution is -2.08. The van der Waals surface area contributed by atoms with Crippen LogP contribution in [0.5, 0.6) is 5.75 Å². The SMILES string of the molecule is C=C(C)COc1ccccc1C(C)N. The number of hydrogen-bond donors (Lipinski definition) is 1. The highest BCUT2D eigenvalue weighted by Gasteiger charge is 2.06. The molecule has 0 amide bonds. The highest BCUT2D eigenvalue weighted by atomic mass is 16.5. The molecule has 1 aromatic carbocycles. The molecule has 0 heterocycles. The maximum Gasteiger partial charge on any atom is 0.124 e. The van der Waals surface area contributed by atoms with Gasteiger partial charge in [-0.15, -0.1) is 0 Å². The topological polar surface area (TPSA) is 35.2 Å². The molecular weight excluding hydrogens is 174 g/mol. The molecule has 0 bridgehead atoms. The van der Waals surface area contributed by atoms with Gasteiger partial charge in [-0.3, -0.25) is 0 Å². The monoisotopic (exact) mass is 191 g/mol. The molecule has 0 aromatic heterocycles. The molecule has 1 aromatic rings. The normalized spacial score (nSPS) is 12.2. The molecule has 0 aliphatic carbocycles. The van der Waals surface area contributed by atoms with E-state index in [1.165, 1.54) is 0 Å². The summed E-state index contributed by atoms with van der Waals surface area (Å²) in [5, 5.41) is 0. The number of para-hydroxylation sites is 1. The summed E-state index contributed by atoms with van der Waals surface area (Å²) in [5.74, 6) is 0.852. The van der Waals surface area contributed by atoms with Crippen molar-refractivity contribution in [2.24, 2.45) is 5.73 Å². The lowest BCUT2D eigenvalue weighted by Gasteiger charge is -2.13. The third-order valence-electron chi connectivity index (χ3n) is 1.88. The summed E-state index contributed by atoms with van der Waals surface area (Å²) in [4.78, 5) is 0. The van der Waals surface area contributed by atoms with Crippen LogP contribution in [0.15, 0.2) is 36.4 Å². The fourth-order valence-electron chi connectivity index (χ4n) is 1.19. The summed E-state index contributed by atoms with van der Waals surface area (Å²) in [6, 6.07) is 7.82. The highest BCUT2D eigenvalue weighted by Crippen LogP contribution is 2.23. The number of rotatable bonds is 4. The van der Waals surface area contributed by atoms with Crippen molar-refractivity contribution in [3.05, 3.63) is 42.0 Å². The Morgan fingerprint density at radius 3 is 2.71 bits per heavy atom. The van der Waals surface area contributed by atoms with Crippen molar-refractivity contribution in [3.8, 4) is 5.75 Å². The third-order valence-corrected chi connectivity index (χ3v) is 1.88. The molecule has 1 unspecified atom stereocenters. The molecule has 76 valence electrons. The van der Waals surface area contributed by atoms with Gasteiger partial charge >= 0.3 is 0 Å². The first-order valence-electron chi connectivity index (χ1n) is 4.73. The van der Waals surface area contributed by atoms with Crippen LogP contribution in [0.1, 0.15) is 25.5 Å². The lowest BCUT2D eigenvalue weighted by atomic mass is 10.1. The van der Waals surface area contributed by atoms with Crippen molar-refractivity contribution in [2.75, 3.05) is 6.61 Å². The van der Waals surface area contributed by atoms with Gasteiger partial charge < -0.3 is 10.5 Å². The minimum atomic E-state index is -0.00341. The molecule has 1 atom stereocenters. The van der Waals surface area contributed by atoms with E-state index in [0.29, 0.717) is 6.61 Å². The van der Waals surface area contributed by atoms with E-state index in [0.717, 1.165) is 16.9 Å². The van der Waals surface area contributed by atoms with Gasteiger partial charge in [0.25, 0.3) is 0 Å². The van der Waals surface area contributed by atoms with E-state index in [2.05, 4.69) is 6.58 Å². The van der Waals surface area contributed by atoms with Gasteiger partial charge in [-0.2, -0.15) is 0 Å². The molecular formula is C12H17NO. The summed E-state index contributed by atoms with van der Waals surface area (Å²) >= 11 is 0. The minimum absolute atomic E-state index is 0.00341. The number of hydrogen-bond acceptors (Lipinski definition) is 2. The molecule has 1 rings (SSSR count). The van der Waals surface area contributed by atoms with Crippen molar-refractivity contribution in [1.29, 1.82) is 0 Å². The third kappa shape index (κ3) is 2.89. The molecule has 0 radical (unpaired) electrons. The molecule has 2 heteroatoms. The summed E-state index contributed by atoms with van der Waals surface area (Å²) < 4.78 is 5.58. The Morgan fingerprint density at radius 2 is 2.14 bits per heavy atom. The van der Waals surface area contributed by atoms with E-state index in [1.807, 2.05) is 38.1 Å². The largest absolute Gasteiger partial charge is 0.489 e. The van der Waals surface area contributed by atoms with Crippen LogP contribution in [0.4, 0.5) is 0 Å². The van der Waals surface area contributed by atoms with Gasteiger partial charge in [-0.1, -0.05) is 24.8 Å². The molecule has 0 aliphatic rings. The molecule has 14 heavy (non-hydrogen) atoms. The summed E-state index contributed by atoms with van der Waals surface area (Å²) in [6.07, 6.45) is 0. The zero-order valence-corrected chi connectivity index (χ0v) is 8.79. The van der Waals surface area contributed by atoms with E-state index < -0.39 is 0 Å². The Labute approximate surface area is 85.4 Å². The first-order chi connectivity index (χ1) is 6.61. The first kappa shape index (κ1) is 10.8. The maximum atomic E-state index is 5.82. The molecule has 0 saturated carbocycles. The van der Waals surface area contributed by atoms with Crippen LogP contribution in [0, 0.1) is 0 Å². The molecule has 0 spiro atoms. The van der Waals surface area contributed by atoms with Crippen molar-refractivity contribution >= 4 is 0 Å². The van der Waals surface area contributed by atoms with Crippen LogP contribution in [-0.2, 0) is 0 Å². The minimum Gasteiger partial charge on any atom is -0.489 e. The van der Waals surface area contributed by atoms with E-state index >= 15 is 0 Å². The Hall–Kier alpha value is -1.28. The number of ether oxygens (including phenoxy) is 1. The predicted octanol–water partition coefficient (Wildman–Crippen LogP) is 2.66. The first-order valence-corrected chi connectivity index (χ1v) is 4.73. The molecule has 0 saturated heterocycles. The summed E-state index contributed by atoms with van der Waals surface area (Å²) in [6.45, 7) is 8.22. The fraction of sp³-hybridized carbons (Fsp3) is 0.333. The van der Waals surface area contributed by atoms with Crippen LogP contribution in [0.2, 0.25) is 0 Å². The number of nitrogens with two attached hydrogens (primary N) is 1. The van der Waals surface area contributed by atoms with Crippen LogP contribution in [0.3, 0.4) is 0 Å². The second-order valence-electron chi connectivity index (χ2n) is 3.57. The average Bonchev–Trinajstić information content (AvgIpc) is 2.15. The number of benzene rings is 1. The fourth-order valence-corrected chi connectivity index (χ4v) is 1.19. The van der Waals surface area contributed by atoms with Crippen molar-refractivity contribution < 1.29 is 4.74 Å². The van der Waals surface area contributed by atoms with Gasteiger partial charge in [0.1, 0.15) is 12.4 Å². The Kier molecular flexibility index (Phi) is 3.72. The van der Waals surface area contributed by atoms with E-state index in [-0.39, 0.29) is 6.04 Å². The predicted molar refractivity (Wildman–Crippen MR) is 59.4 cm³/mol. The quantitative estimate of drug-likeness (QED) is 0.742. The average molecular weight is 191 g/mol. The van der Waals surface area contributed by atoms with Gasteiger partial charge in [-0.05, 0) is 25.5 Å². The molecule has 2 N–H and O–H groups in total.